The van der Waals surface area contributed by atoms with E-state index in [-0.39, 0.29) is 11.9 Å². The van der Waals surface area contributed by atoms with Crippen LogP contribution in [0.2, 0.25) is 0 Å². The van der Waals surface area contributed by atoms with Gasteiger partial charge in [-0.15, -0.1) is 0 Å². The summed E-state index contributed by atoms with van der Waals surface area (Å²) in [7, 11) is 0. The van der Waals surface area contributed by atoms with Crippen molar-refractivity contribution in [3.63, 3.8) is 0 Å². The molecule has 0 saturated carbocycles. The van der Waals surface area contributed by atoms with E-state index >= 15 is 0 Å². The van der Waals surface area contributed by atoms with Gasteiger partial charge in [0, 0.05) is 6.54 Å². The van der Waals surface area contributed by atoms with E-state index in [0.717, 1.165) is 30.5 Å². The first kappa shape index (κ1) is 13.1. The Hall–Kier alpha value is -1.39. The van der Waals surface area contributed by atoms with E-state index < -0.39 is 0 Å². The molecule has 1 unspecified atom stereocenters. The lowest BCUT2D eigenvalue weighted by Gasteiger charge is -2.24. The van der Waals surface area contributed by atoms with Gasteiger partial charge in [-0.05, 0) is 30.9 Å². The molecule has 1 aliphatic rings. The zero-order chi connectivity index (χ0) is 13.0. The first-order valence-corrected chi connectivity index (χ1v) is 6.38. The van der Waals surface area contributed by atoms with Gasteiger partial charge in [-0.3, -0.25) is 4.79 Å². The molecular weight excluding hydrogens is 228 g/mol. The van der Waals surface area contributed by atoms with Gasteiger partial charge in [0.15, 0.2) is 0 Å². The second-order valence-electron chi connectivity index (χ2n) is 4.82. The third-order valence-electron chi connectivity index (χ3n) is 3.59. The Bertz CT molecular complexity index is 420. The molecule has 0 spiro atoms. The molecule has 1 fully saturated rings. The van der Waals surface area contributed by atoms with Crippen molar-refractivity contribution in [1.29, 1.82) is 0 Å². The Morgan fingerprint density at radius 1 is 1.50 bits per heavy atom. The molecule has 1 atom stereocenters. The van der Waals surface area contributed by atoms with Crippen molar-refractivity contribution in [3.8, 4) is 0 Å². The lowest BCUT2D eigenvalue weighted by molar-refractivity contribution is -0.132. The minimum absolute atomic E-state index is 0.145. The van der Waals surface area contributed by atoms with Crippen LogP contribution in [0.25, 0.3) is 0 Å². The maximum absolute atomic E-state index is 12.3. The fourth-order valence-corrected chi connectivity index (χ4v) is 2.52. The van der Waals surface area contributed by atoms with Gasteiger partial charge in [-0.1, -0.05) is 24.3 Å². The predicted octanol–water partition coefficient (Wildman–Crippen LogP) is 1.42. The minimum Gasteiger partial charge on any atom is -0.337 e. The number of likely N-dealkylation sites (tertiary alicyclic amines) is 1. The number of aryl methyl sites for hydroxylation is 1. The number of nitrogens with two attached hydrogens (primary N) is 1. The molecule has 1 aliphatic heterocycles. The molecule has 4 nitrogen and oxygen atoms in total. The SMILES string of the molecule is Cc1ccccc1CC(=O)N1CCCC1CON. The summed E-state index contributed by atoms with van der Waals surface area (Å²) in [4.78, 5) is 18.9. The second kappa shape index (κ2) is 5.98. The van der Waals surface area contributed by atoms with Gasteiger partial charge in [-0.2, -0.15) is 0 Å². The highest BCUT2D eigenvalue weighted by atomic mass is 16.6. The molecule has 0 bridgehead atoms. The Labute approximate surface area is 108 Å². The van der Waals surface area contributed by atoms with Crippen molar-refractivity contribution in [1.82, 2.24) is 4.90 Å². The van der Waals surface area contributed by atoms with E-state index in [1.807, 2.05) is 36.1 Å². The summed E-state index contributed by atoms with van der Waals surface area (Å²) in [5, 5.41) is 0. The fourth-order valence-electron chi connectivity index (χ4n) is 2.52. The highest BCUT2D eigenvalue weighted by molar-refractivity contribution is 5.79. The monoisotopic (exact) mass is 248 g/mol. The Balaban J connectivity index is 2.01. The molecule has 0 aromatic heterocycles. The van der Waals surface area contributed by atoms with Crippen molar-refractivity contribution in [2.75, 3.05) is 13.2 Å². The molecule has 0 radical (unpaired) electrons. The lowest BCUT2D eigenvalue weighted by Crippen LogP contribution is -2.39. The Kier molecular flexibility index (Phi) is 4.33. The van der Waals surface area contributed by atoms with Crippen LogP contribution in [0, 0.1) is 6.92 Å². The van der Waals surface area contributed by atoms with Crippen LogP contribution in [0.15, 0.2) is 24.3 Å². The standard InChI is InChI=1S/C14H20N2O2/c1-11-5-2-3-6-12(11)9-14(17)16-8-4-7-13(16)10-18-15/h2-3,5-6,13H,4,7-10,15H2,1H3. The van der Waals surface area contributed by atoms with Crippen LogP contribution in [0.4, 0.5) is 0 Å². The smallest absolute Gasteiger partial charge is 0.227 e. The molecule has 0 aliphatic carbocycles. The summed E-state index contributed by atoms with van der Waals surface area (Å²) in [6.07, 6.45) is 2.48. The average molecular weight is 248 g/mol. The first-order valence-electron chi connectivity index (χ1n) is 6.38. The molecule has 1 heterocycles. The second-order valence-corrected chi connectivity index (χ2v) is 4.82. The van der Waals surface area contributed by atoms with Crippen LogP contribution in [0.1, 0.15) is 24.0 Å². The van der Waals surface area contributed by atoms with Crippen molar-refractivity contribution < 1.29 is 9.63 Å². The molecule has 1 saturated heterocycles. The molecule has 1 amide bonds. The van der Waals surface area contributed by atoms with Crippen molar-refractivity contribution in [2.45, 2.75) is 32.2 Å². The summed E-state index contributed by atoms with van der Waals surface area (Å²) in [5.41, 5.74) is 2.26. The van der Waals surface area contributed by atoms with Crippen LogP contribution >= 0.6 is 0 Å². The number of carbonyl (C=O) groups is 1. The fraction of sp³-hybridized carbons (Fsp3) is 0.500. The maximum Gasteiger partial charge on any atom is 0.227 e. The average Bonchev–Trinajstić information content (AvgIpc) is 2.81. The topological polar surface area (TPSA) is 55.6 Å². The third-order valence-corrected chi connectivity index (χ3v) is 3.59. The highest BCUT2D eigenvalue weighted by Gasteiger charge is 2.28. The zero-order valence-electron chi connectivity index (χ0n) is 10.8. The van der Waals surface area contributed by atoms with E-state index in [0.29, 0.717) is 13.0 Å². The van der Waals surface area contributed by atoms with E-state index in [4.69, 9.17) is 5.90 Å². The Morgan fingerprint density at radius 2 is 2.28 bits per heavy atom. The number of hydrogen-bond donors (Lipinski definition) is 1. The largest absolute Gasteiger partial charge is 0.337 e. The van der Waals surface area contributed by atoms with Gasteiger partial charge in [0.05, 0.1) is 19.1 Å². The predicted molar refractivity (Wildman–Crippen MR) is 69.8 cm³/mol. The van der Waals surface area contributed by atoms with E-state index in [1.54, 1.807) is 0 Å². The van der Waals surface area contributed by atoms with Crippen LogP contribution in [0.3, 0.4) is 0 Å². The van der Waals surface area contributed by atoms with Crippen LogP contribution < -0.4 is 5.90 Å². The van der Waals surface area contributed by atoms with Crippen molar-refractivity contribution in [2.24, 2.45) is 5.90 Å². The summed E-state index contributed by atoms with van der Waals surface area (Å²) < 4.78 is 0. The molecule has 1 aromatic rings. The molecule has 2 N–H and O–H groups in total. The quantitative estimate of drug-likeness (QED) is 0.820. The molecular formula is C14H20N2O2. The Morgan fingerprint density at radius 3 is 3.00 bits per heavy atom. The maximum atomic E-state index is 12.3. The van der Waals surface area contributed by atoms with Crippen LogP contribution in [-0.2, 0) is 16.1 Å². The van der Waals surface area contributed by atoms with E-state index in [2.05, 4.69) is 4.84 Å². The number of hydrogen-bond acceptors (Lipinski definition) is 3. The summed E-state index contributed by atoms with van der Waals surface area (Å²) in [5.74, 6) is 5.28. The van der Waals surface area contributed by atoms with Gasteiger partial charge >= 0.3 is 0 Å². The minimum atomic E-state index is 0.145. The normalized spacial score (nSPS) is 19.2. The van der Waals surface area contributed by atoms with Gasteiger partial charge in [0.2, 0.25) is 5.91 Å². The van der Waals surface area contributed by atoms with E-state index in [9.17, 15) is 4.79 Å². The number of nitrogens with zero attached hydrogens (tertiary/aromatic N) is 1. The third kappa shape index (κ3) is 2.89. The number of rotatable bonds is 4. The van der Waals surface area contributed by atoms with Crippen LogP contribution in [0.5, 0.6) is 0 Å². The molecule has 18 heavy (non-hydrogen) atoms. The molecule has 4 heteroatoms. The van der Waals surface area contributed by atoms with Crippen LogP contribution in [-0.4, -0.2) is 30.0 Å². The molecule has 2 rings (SSSR count). The summed E-state index contributed by atoms with van der Waals surface area (Å²) in [6, 6.07) is 8.15. The lowest BCUT2D eigenvalue weighted by atomic mass is 10.1. The first-order chi connectivity index (χ1) is 8.72. The van der Waals surface area contributed by atoms with Gasteiger partial charge < -0.3 is 9.74 Å². The molecule has 1 aromatic carbocycles. The summed E-state index contributed by atoms with van der Waals surface area (Å²) in [6.45, 7) is 3.28. The van der Waals surface area contributed by atoms with Crippen molar-refractivity contribution >= 4 is 5.91 Å². The van der Waals surface area contributed by atoms with Crippen molar-refractivity contribution in [3.05, 3.63) is 35.4 Å². The highest BCUT2D eigenvalue weighted by Crippen LogP contribution is 2.19. The number of amides is 1. The number of benzene rings is 1. The van der Waals surface area contributed by atoms with E-state index in [1.165, 1.54) is 0 Å². The number of carbonyl (C=O) groups excluding carboxylic acids is 1. The van der Waals surface area contributed by atoms with Gasteiger partial charge in [0.1, 0.15) is 0 Å². The summed E-state index contributed by atoms with van der Waals surface area (Å²) >= 11 is 0. The molecule has 98 valence electrons. The van der Waals surface area contributed by atoms with Gasteiger partial charge in [0.25, 0.3) is 0 Å². The van der Waals surface area contributed by atoms with Gasteiger partial charge in [-0.25, -0.2) is 5.90 Å². The zero-order valence-corrected chi connectivity index (χ0v) is 10.8.